The second kappa shape index (κ2) is 7.38. The molecule has 0 amide bonds. The largest absolute Gasteiger partial charge is 0.396 e. The average molecular weight is 164 g/mol. The molecule has 0 bridgehead atoms. The zero-order valence-corrected chi connectivity index (χ0v) is 7.31. The predicted molar refractivity (Wildman–Crippen MR) is 45.5 cm³/mol. The van der Waals surface area contributed by atoms with Crippen molar-refractivity contribution in [3.8, 4) is 0 Å². The van der Waals surface area contributed by atoms with Crippen molar-refractivity contribution in [2.45, 2.75) is 12.8 Å². The maximum Gasteiger partial charge on any atom is 0.0495 e. The maximum atomic E-state index is 8.47. The highest BCUT2D eigenvalue weighted by molar-refractivity contribution is 7.79. The van der Waals surface area contributed by atoms with Gasteiger partial charge in [-0.1, -0.05) is 0 Å². The van der Waals surface area contributed by atoms with E-state index >= 15 is 0 Å². The monoisotopic (exact) mass is 164 g/mol. The Hall–Kier alpha value is 0.270. The third-order valence-corrected chi connectivity index (χ3v) is 1.56. The number of thiol groups is 1. The Morgan fingerprint density at radius 1 is 1.60 bits per heavy atom. The zero-order valence-electron chi connectivity index (χ0n) is 6.42. The molecule has 2 nitrogen and oxygen atoms in total. The van der Waals surface area contributed by atoms with E-state index in [0.29, 0.717) is 12.5 Å². The van der Waals surface area contributed by atoms with E-state index < -0.39 is 0 Å². The van der Waals surface area contributed by atoms with Gasteiger partial charge >= 0.3 is 0 Å². The fraction of sp³-hybridized carbons (Fsp3) is 1.00. The van der Waals surface area contributed by atoms with Crippen molar-refractivity contribution < 1.29 is 9.84 Å². The molecule has 0 aromatic heterocycles. The predicted octanol–water partition coefficient (Wildman–Crippen LogP) is 0.951. The molecule has 1 N–H and O–H groups in total. The lowest BCUT2D eigenvalue weighted by atomic mass is 10.1. The van der Waals surface area contributed by atoms with E-state index in [0.717, 1.165) is 26.1 Å². The molecule has 1 atom stereocenters. The molecule has 62 valence electrons. The van der Waals surface area contributed by atoms with Gasteiger partial charge in [0.05, 0.1) is 0 Å². The van der Waals surface area contributed by atoms with Crippen LogP contribution in [-0.2, 0) is 4.74 Å². The number of aliphatic hydroxyl groups is 1. The summed E-state index contributed by atoms with van der Waals surface area (Å²) in [5.74, 6) is 0.639. The van der Waals surface area contributed by atoms with E-state index in [1.54, 1.807) is 6.26 Å². The lowest BCUT2D eigenvalue weighted by Gasteiger charge is -2.00. The molecule has 0 spiro atoms. The summed E-state index contributed by atoms with van der Waals surface area (Å²) < 4.78 is 5.10. The van der Waals surface area contributed by atoms with Crippen LogP contribution in [0, 0.1) is 5.92 Å². The van der Waals surface area contributed by atoms with Crippen LogP contribution in [0.1, 0.15) is 12.8 Å². The van der Waals surface area contributed by atoms with Crippen molar-refractivity contribution in [2.75, 3.05) is 26.1 Å². The first-order valence-electron chi connectivity index (χ1n) is 3.57. The molecule has 0 saturated carbocycles. The van der Waals surface area contributed by atoms with E-state index in [4.69, 9.17) is 9.84 Å². The van der Waals surface area contributed by atoms with E-state index in [1.807, 2.05) is 0 Å². The highest BCUT2D eigenvalue weighted by Gasteiger charge is 2.13. The van der Waals surface area contributed by atoms with Crippen LogP contribution in [0.25, 0.3) is 0 Å². The normalized spacial score (nSPS) is 23.7. The van der Waals surface area contributed by atoms with Gasteiger partial charge in [0.15, 0.2) is 0 Å². The second-order valence-electron chi connectivity index (χ2n) is 2.24. The van der Waals surface area contributed by atoms with E-state index in [2.05, 4.69) is 12.6 Å². The van der Waals surface area contributed by atoms with Crippen LogP contribution in [0.4, 0.5) is 0 Å². The SMILES string of the molecule is CS.OCCC1CCOC1. The zero-order chi connectivity index (χ0) is 7.82. The molecule has 0 aromatic rings. The lowest BCUT2D eigenvalue weighted by molar-refractivity contribution is 0.175. The van der Waals surface area contributed by atoms with Gasteiger partial charge in [-0.2, -0.15) is 12.6 Å². The Morgan fingerprint density at radius 3 is 2.70 bits per heavy atom. The van der Waals surface area contributed by atoms with Crippen LogP contribution in [0.2, 0.25) is 0 Å². The van der Waals surface area contributed by atoms with Crippen molar-refractivity contribution in [3.63, 3.8) is 0 Å². The summed E-state index contributed by atoms with van der Waals surface area (Å²) in [4.78, 5) is 0. The quantitative estimate of drug-likeness (QED) is 0.595. The Balaban J connectivity index is 0.000000371. The molecule has 1 saturated heterocycles. The molecular formula is C7H16O2S. The first kappa shape index (κ1) is 10.3. The van der Waals surface area contributed by atoms with E-state index in [-0.39, 0.29) is 0 Å². The van der Waals surface area contributed by atoms with Crippen molar-refractivity contribution in [1.29, 1.82) is 0 Å². The van der Waals surface area contributed by atoms with Crippen molar-refractivity contribution in [1.82, 2.24) is 0 Å². The third-order valence-electron chi connectivity index (χ3n) is 1.56. The molecule has 1 aliphatic rings. The summed E-state index contributed by atoms with van der Waals surface area (Å²) in [7, 11) is 0. The molecule has 1 rings (SSSR count). The molecule has 0 radical (unpaired) electrons. The number of hydrogen-bond donors (Lipinski definition) is 2. The van der Waals surface area contributed by atoms with Gasteiger partial charge in [0, 0.05) is 19.8 Å². The number of aliphatic hydroxyl groups excluding tert-OH is 1. The minimum absolute atomic E-state index is 0.314. The average Bonchev–Trinajstić information content (AvgIpc) is 2.46. The summed E-state index contributed by atoms with van der Waals surface area (Å²) in [5.41, 5.74) is 0. The first-order valence-corrected chi connectivity index (χ1v) is 4.46. The number of hydrogen-bond acceptors (Lipinski definition) is 3. The smallest absolute Gasteiger partial charge is 0.0495 e. The summed E-state index contributed by atoms with van der Waals surface area (Å²) >= 11 is 3.53. The van der Waals surface area contributed by atoms with Crippen LogP contribution in [0.5, 0.6) is 0 Å². The van der Waals surface area contributed by atoms with Gasteiger partial charge in [0.1, 0.15) is 0 Å². The number of ether oxygens (including phenoxy) is 1. The molecule has 0 aromatic carbocycles. The van der Waals surface area contributed by atoms with Gasteiger partial charge in [-0.3, -0.25) is 0 Å². The molecule has 1 aliphatic heterocycles. The van der Waals surface area contributed by atoms with Crippen molar-refractivity contribution >= 4 is 12.6 Å². The summed E-state index contributed by atoms with van der Waals surface area (Å²) in [6.45, 7) is 2.07. The summed E-state index contributed by atoms with van der Waals surface area (Å²) in [6.07, 6.45) is 3.75. The third kappa shape index (κ3) is 4.14. The fourth-order valence-electron chi connectivity index (χ4n) is 0.994. The van der Waals surface area contributed by atoms with Crippen molar-refractivity contribution in [3.05, 3.63) is 0 Å². The van der Waals surface area contributed by atoms with Gasteiger partial charge in [-0.05, 0) is 25.0 Å². The van der Waals surface area contributed by atoms with Gasteiger partial charge < -0.3 is 9.84 Å². The van der Waals surface area contributed by atoms with Crippen LogP contribution in [0.15, 0.2) is 0 Å². The van der Waals surface area contributed by atoms with Gasteiger partial charge in [-0.15, -0.1) is 0 Å². The van der Waals surface area contributed by atoms with Gasteiger partial charge in [0.25, 0.3) is 0 Å². The standard InChI is InChI=1S/C6H12O2.CH4S/c7-3-1-6-2-4-8-5-6;1-2/h6-7H,1-5H2;2H,1H3. The van der Waals surface area contributed by atoms with E-state index in [1.165, 1.54) is 0 Å². The summed E-state index contributed by atoms with van der Waals surface area (Å²) in [5, 5.41) is 8.47. The lowest BCUT2D eigenvalue weighted by Crippen LogP contribution is -2.00. The molecule has 3 heteroatoms. The van der Waals surface area contributed by atoms with Crippen molar-refractivity contribution in [2.24, 2.45) is 5.92 Å². The molecule has 1 fully saturated rings. The first-order chi connectivity index (χ1) is 4.93. The highest BCUT2D eigenvalue weighted by atomic mass is 32.1. The Kier molecular flexibility index (Phi) is 7.58. The molecule has 1 unspecified atom stereocenters. The highest BCUT2D eigenvalue weighted by Crippen LogP contribution is 2.14. The number of rotatable bonds is 2. The van der Waals surface area contributed by atoms with E-state index in [9.17, 15) is 0 Å². The van der Waals surface area contributed by atoms with Crippen LogP contribution < -0.4 is 0 Å². The van der Waals surface area contributed by atoms with Gasteiger partial charge in [-0.25, -0.2) is 0 Å². The van der Waals surface area contributed by atoms with Gasteiger partial charge in [0.2, 0.25) is 0 Å². The molecule has 1 heterocycles. The molecule has 10 heavy (non-hydrogen) atoms. The fourth-order valence-corrected chi connectivity index (χ4v) is 0.994. The minimum Gasteiger partial charge on any atom is -0.396 e. The Morgan fingerprint density at radius 2 is 2.30 bits per heavy atom. The van der Waals surface area contributed by atoms with Crippen LogP contribution in [-0.4, -0.2) is 31.2 Å². The minimum atomic E-state index is 0.314. The Bertz CT molecular complexity index is 62.6. The Labute approximate surface area is 68.0 Å². The maximum absolute atomic E-state index is 8.47. The molecular weight excluding hydrogens is 148 g/mol. The second-order valence-corrected chi connectivity index (χ2v) is 2.24. The van der Waals surface area contributed by atoms with Crippen LogP contribution in [0.3, 0.4) is 0 Å². The molecule has 0 aliphatic carbocycles. The topological polar surface area (TPSA) is 29.5 Å². The van der Waals surface area contributed by atoms with Crippen LogP contribution >= 0.6 is 12.6 Å². The summed E-state index contributed by atoms with van der Waals surface area (Å²) in [6, 6.07) is 0.